The van der Waals surface area contributed by atoms with Crippen LogP contribution in [0.5, 0.6) is 0 Å². The largest absolute Gasteiger partial charge is 0.312 e. The predicted molar refractivity (Wildman–Crippen MR) is 126 cm³/mol. The number of benzene rings is 3. The summed E-state index contributed by atoms with van der Waals surface area (Å²) in [5, 5.41) is 0. The van der Waals surface area contributed by atoms with Crippen molar-refractivity contribution in [3.63, 3.8) is 0 Å². The van der Waals surface area contributed by atoms with Crippen molar-refractivity contribution in [3.05, 3.63) is 108 Å². The van der Waals surface area contributed by atoms with E-state index in [0.29, 0.717) is 5.92 Å². The minimum atomic E-state index is -0.924. The van der Waals surface area contributed by atoms with Crippen LogP contribution in [0.15, 0.2) is 91.0 Å². The van der Waals surface area contributed by atoms with E-state index in [1.165, 1.54) is 16.7 Å². The summed E-state index contributed by atoms with van der Waals surface area (Å²) >= 11 is 0. The second-order valence-electron chi connectivity index (χ2n) is 9.50. The molecule has 4 N–H and O–H groups in total. The fourth-order valence-electron chi connectivity index (χ4n) is 6.36. The molecule has 0 radical (unpaired) electrons. The van der Waals surface area contributed by atoms with Gasteiger partial charge < -0.3 is 11.5 Å². The van der Waals surface area contributed by atoms with Gasteiger partial charge in [-0.3, -0.25) is 0 Å². The average molecular weight is 399 g/mol. The molecule has 2 unspecified atom stereocenters. The van der Waals surface area contributed by atoms with Crippen LogP contribution in [0.3, 0.4) is 0 Å². The third-order valence-corrected chi connectivity index (χ3v) is 7.68. The van der Waals surface area contributed by atoms with Gasteiger partial charge in [0.25, 0.3) is 0 Å². The maximum absolute atomic E-state index is 7.36. The molecular formula is C28H34N2. The molecule has 0 amide bonds. The van der Waals surface area contributed by atoms with Gasteiger partial charge in [-0.05, 0) is 41.4 Å². The van der Waals surface area contributed by atoms with E-state index in [1.54, 1.807) is 0 Å². The summed E-state index contributed by atoms with van der Waals surface area (Å²) in [5.41, 5.74) is 16.6. The van der Waals surface area contributed by atoms with Gasteiger partial charge in [0, 0.05) is 5.41 Å². The first-order valence-electron chi connectivity index (χ1n) is 11.1. The molecule has 3 aromatic rings. The molecule has 0 aromatic heterocycles. The topological polar surface area (TPSA) is 52.0 Å². The highest BCUT2D eigenvalue weighted by Gasteiger charge is 2.65. The number of hydrogen-bond acceptors (Lipinski definition) is 2. The molecule has 2 nitrogen and oxygen atoms in total. The zero-order valence-corrected chi connectivity index (χ0v) is 18.4. The van der Waals surface area contributed by atoms with Crippen molar-refractivity contribution in [1.82, 2.24) is 0 Å². The van der Waals surface area contributed by atoms with Crippen molar-refractivity contribution in [2.45, 2.75) is 50.1 Å². The molecule has 3 aromatic carbocycles. The molecule has 2 heteroatoms. The summed E-state index contributed by atoms with van der Waals surface area (Å²) < 4.78 is 0. The standard InChI is InChI=1S/C28H34N2/c1-21(2)25-19-20-26(3,22-13-7-4-8-14-22)27(28(25,29)30,23-15-9-5-10-16-23)24-17-11-6-12-18-24/h4-18,21,25H,19-20,29-30H2,1-3H3. The highest BCUT2D eigenvalue weighted by atomic mass is 15.0. The Labute approximate surface area is 181 Å². The summed E-state index contributed by atoms with van der Waals surface area (Å²) in [5.74, 6) is 0.599. The van der Waals surface area contributed by atoms with Gasteiger partial charge in [0.15, 0.2) is 0 Å². The van der Waals surface area contributed by atoms with E-state index in [4.69, 9.17) is 11.5 Å². The van der Waals surface area contributed by atoms with E-state index in [2.05, 4.69) is 112 Å². The van der Waals surface area contributed by atoms with E-state index in [9.17, 15) is 0 Å². The van der Waals surface area contributed by atoms with E-state index in [1.807, 2.05) is 0 Å². The van der Waals surface area contributed by atoms with Gasteiger partial charge in [0.1, 0.15) is 0 Å². The lowest BCUT2D eigenvalue weighted by molar-refractivity contribution is 0.0136. The van der Waals surface area contributed by atoms with Crippen LogP contribution >= 0.6 is 0 Å². The Kier molecular flexibility index (Phi) is 5.34. The molecule has 1 fully saturated rings. The fraction of sp³-hybridized carbons (Fsp3) is 0.357. The molecule has 0 spiro atoms. The zero-order valence-electron chi connectivity index (χ0n) is 18.4. The quantitative estimate of drug-likeness (QED) is 0.561. The normalized spacial score (nSPS) is 25.2. The molecule has 0 bridgehead atoms. The van der Waals surface area contributed by atoms with Gasteiger partial charge >= 0.3 is 0 Å². The second-order valence-corrected chi connectivity index (χ2v) is 9.50. The van der Waals surface area contributed by atoms with Crippen LogP contribution in [0, 0.1) is 11.8 Å². The van der Waals surface area contributed by atoms with Gasteiger partial charge in [-0.2, -0.15) is 0 Å². The highest BCUT2D eigenvalue weighted by molar-refractivity contribution is 5.53. The summed E-state index contributed by atoms with van der Waals surface area (Å²) in [6.45, 7) is 6.88. The Bertz CT molecular complexity index is 924. The second kappa shape index (κ2) is 7.68. The van der Waals surface area contributed by atoms with Gasteiger partial charge in [-0.15, -0.1) is 0 Å². The van der Waals surface area contributed by atoms with E-state index in [0.717, 1.165) is 12.8 Å². The number of rotatable bonds is 4. The van der Waals surface area contributed by atoms with Gasteiger partial charge in [0.05, 0.1) is 11.1 Å². The predicted octanol–water partition coefficient (Wildman–Crippen LogP) is 5.61. The average Bonchev–Trinajstić information content (AvgIpc) is 2.75. The van der Waals surface area contributed by atoms with Crippen molar-refractivity contribution in [2.75, 3.05) is 0 Å². The van der Waals surface area contributed by atoms with Crippen molar-refractivity contribution >= 4 is 0 Å². The SMILES string of the molecule is CC(C)C1CCC(C)(c2ccccc2)C(c2ccccc2)(c2ccccc2)C1(N)N. The Balaban J connectivity index is 2.14. The highest BCUT2D eigenvalue weighted by Crippen LogP contribution is 2.61. The Morgan fingerprint density at radius 1 is 0.700 bits per heavy atom. The molecule has 156 valence electrons. The fourth-order valence-corrected chi connectivity index (χ4v) is 6.36. The molecule has 0 heterocycles. The zero-order chi connectivity index (χ0) is 21.4. The minimum absolute atomic E-state index is 0.203. The van der Waals surface area contributed by atoms with Crippen LogP contribution < -0.4 is 11.5 Å². The third-order valence-electron chi connectivity index (χ3n) is 7.68. The van der Waals surface area contributed by atoms with Crippen molar-refractivity contribution in [2.24, 2.45) is 23.3 Å². The monoisotopic (exact) mass is 398 g/mol. The van der Waals surface area contributed by atoms with Crippen molar-refractivity contribution < 1.29 is 0 Å². The molecule has 4 rings (SSSR count). The number of hydrogen-bond donors (Lipinski definition) is 2. The molecule has 1 aliphatic rings. The summed E-state index contributed by atoms with van der Waals surface area (Å²) in [7, 11) is 0. The lowest BCUT2D eigenvalue weighted by Crippen LogP contribution is -2.78. The molecular weight excluding hydrogens is 364 g/mol. The minimum Gasteiger partial charge on any atom is -0.312 e. The van der Waals surface area contributed by atoms with Crippen LogP contribution in [-0.4, -0.2) is 5.66 Å². The number of nitrogens with two attached hydrogens (primary N) is 2. The summed E-state index contributed by atoms with van der Waals surface area (Å²) in [6.07, 6.45) is 2.04. The maximum atomic E-state index is 7.36. The van der Waals surface area contributed by atoms with Crippen LogP contribution in [0.4, 0.5) is 0 Å². The van der Waals surface area contributed by atoms with Crippen LogP contribution in [0.1, 0.15) is 50.3 Å². The van der Waals surface area contributed by atoms with Crippen LogP contribution in [0.25, 0.3) is 0 Å². The van der Waals surface area contributed by atoms with E-state index < -0.39 is 11.1 Å². The third kappa shape index (κ3) is 2.85. The van der Waals surface area contributed by atoms with Crippen LogP contribution in [0.2, 0.25) is 0 Å². The Morgan fingerprint density at radius 2 is 1.10 bits per heavy atom. The maximum Gasteiger partial charge on any atom is 0.0817 e. The molecule has 1 saturated carbocycles. The molecule has 0 saturated heterocycles. The van der Waals surface area contributed by atoms with Gasteiger partial charge in [-0.25, -0.2) is 0 Å². The summed E-state index contributed by atoms with van der Waals surface area (Å²) in [4.78, 5) is 0. The van der Waals surface area contributed by atoms with Crippen LogP contribution in [-0.2, 0) is 10.8 Å². The molecule has 30 heavy (non-hydrogen) atoms. The van der Waals surface area contributed by atoms with E-state index in [-0.39, 0.29) is 11.3 Å². The Hall–Kier alpha value is -2.42. The molecule has 2 atom stereocenters. The summed E-state index contributed by atoms with van der Waals surface area (Å²) in [6, 6.07) is 32.3. The first-order valence-corrected chi connectivity index (χ1v) is 11.1. The lowest BCUT2D eigenvalue weighted by Gasteiger charge is -2.64. The van der Waals surface area contributed by atoms with Crippen molar-refractivity contribution in [3.8, 4) is 0 Å². The lowest BCUT2D eigenvalue weighted by atomic mass is 9.42. The van der Waals surface area contributed by atoms with E-state index >= 15 is 0 Å². The molecule has 0 aliphatic heterocycles. The Morgan fingerprint density at radius 3 is 1.50 bits per heavy atom. The van der Waals surface area contributed by atoms with Crippen molar-refractivity contribution in [1.29, 1.82) is 0 Å². The molecule has 1 aliphatic carbocycles. The van der Waals surface area contributed by atoms with Gasteiger partial charge in [0.2, 0.25) is 0 Å². The smallest absolute Gasteiger partial charge is 0.0817 e. The van der Waals surface area contributed by atoms with Gasteiger partial charge in [-0.1, -0.05) is 112 Å². The first-order chi connectivity index (χ1) is 14.4. The first kappa shape index (κ1) is 20.8.